The molecule has 0 spiro atoms. The highest BCUT2D eigenvalue weighted by Crippen LogP contribution is 2.31. The zero-order valence-corrected chi connectivity index (χ0v) is 11.7. The minimum Gasteiger partial charge on any atom is -0.372 e. The Labute approximate surface area is 117 Å². The van der Waals surface area contributed by atoms with Crippen molar-refractivity contribution >= 4 is 11.5 Å². The molecule has 0 aromatic carbocycles. The van der Waals surface area contributed by atoms with Crippen LogP contribution in [0.2, 0.25) is 0 Å². The summed E-state index contributed by atoms with van der Waals surface area (Å²) in [6.45, 7) is 1.98. The number of nitrogens with zero attached hydrogens (tertiary/aromatic N) is 4. The lowest BCUT2D eigenvalue weighted by Crippen LogP contribution is -2.18. The Morgan fingerprint density at radius 3 is 2.70 bits per heavy atom. The first kappa shape index (κ1) is 12.8. The van der Waals surface area contributed by atoms with Crippen LogP contribution in [-0.4, -0.2) is 37.2 Å². The number of anilines is 2. The van der Waals surface area contributed by atoms with E-state index in [0.717, 1.165) is 36.7 Å². The average molecular weight is 272 g/mol. The van der Waals surface area contributed by atoms with Gasteiger partial charge in [0.2, 0.25) is 0 Å². The predicted octanol–water partition coefficient (Wildman–Crippen LogP) is 2.56. The van der Waals surface area contributed by atoms with Gasteiger partial charge in [-0.2, -0.15) is 0 Å². The summed E-state index contributed by atoms with van der Waals surface area (Å²) in [6.07, 6.45) is 3.94. The van der Waals surface area contributed by atoms with E-state index in [1.54, 1.807) is 6.20 Å². The molecule has 0 unspecified atom stereocenters. The molecule has 1 aliphatic rings. The maximum atomic E-state index is 13.3. The van der Waals surface area contributed by atoms with E-state index in [1.165, 1.54) is 12.3 Å². The summed E-state index contributed by atoms with van der Waals surface area (Å²) in [5.41, 5.74) is 2.56. The van der Waals surface area contributed by atoms with Gasteiger partial charge in [-0.25, -0.2) is 9.37 Å². The molecule has 0 atom stereocenters. The van der Waals surface area contributed by atoms with E-state index < -0.39 is 0 Å². The van der Waals surface area contributed by atoms with Gasteiger partial charge in [-0.3, -0.25) is 4.98 Å². The summed E-state index contributed by atoms with van der Waals surface area (Å²) in [5, 5.41) is 0. The van der Waals surface area contributed by atoms with Crippen LogP contribution in [0, 0.1) is 5.82 Å². The average Bonchev–Trinajstić information content (AvgIpc) is 2.59. The Kier molecular flexibility index (Phi) is 3.26. The van der Waals surface area contributed by atoms with Crippen molar-refractivity contribution in [3.05, 3.63) is 36.4 Å². The molecule has 3 rings (SSSR count). The molecule has 5 heteroatoms. The third-order valence-corrected chi connectivity index (χ3v) is 3.62. The second kappa shape index (κ2) is 5.07. The zero-order valence-electron chi connectivity index (χ0n) is 11.7. The quantitative estimate of drug-likeness (QED) is 0.798. The minimum atomic E-state index is -0.343. The number of fused-ring (bicyclic) bond motifs is 1. The first-order valence-corrected chi connectivity index (χ1v) is 6.69. The fourth-order valence-corrected chi connectivity index (χ4v) is 2.50. The molecular weight excluding hydrogens is 255 g/mol. The molecule has 4 nitrogen and oxygen atoms in total. The molecule has 2 aromatic heterocycles. The lowest BCUT2D eigenvalue weighted by atomic mass is 10.2. The highest BCUT2D eigenvalue weighted by molar-refractivity contribution is 5.72. The number of pyridine rings is 2. The molecule has 104 valence electrons. The monoisotopic (exact) mass is 272 g/mol. The van der Waals surface area contributed by atoms with Gasteiger partial charge in [0.25, 0.3) is 0 Å². The van der Waals surface area contributed by atoms with Gasteiger partial charge < -0.3 is 9.80 Å². The Morgan fingerprint density at radius 2 is 1.90 bits per heavy atom. The van der Waals surface area contributed by atoms with Crippen molar-refractivity contribution in [1.29, 1.82) is 0 Å². The fourth-order valence-electron chi connectivity index (χ4n) is 2.50. The van der Waals surface area contributed by atoms with Crippen LogP contribution < -0.4 is 9.80 Å². The SMILES string of the molecule is CN1CCCN(C)c2nc(-c3cncc(F)c3)ccc21. The third kappa shape index (κ3) is 2.31. The number of halogens is 1. The van der Waals surface area contributed by atoms with Crippen LogP contribution in [0.3, 0.4) is 0 Å². The van der Waals surface area contributed by atoms with E-state index in [2.05, 4.69) is 21.8 Å². The van der Waals surface area contributed by atoms with Crippen molar-refractivity contribution in [2.45, 2.75) is 6.42 Å². The number of hydrogen-bond donors (Lipinski definition) is 0. The van der Waals surface area contributed by atoms with Crippen molar-refractivity contribution in [2.75, 3.05) is 37.0 Å². The topological polar surface area (TPSA) is 32.3 Å². The first-order valence-electron chi connectivity index (χ1n) is 6.69. The Bertz CT molecular complexity index is 629. The molecule has 0 fully saturated rings. The van der Waals surface area contributed by atoms with Crippen LogP contribution in [-0.2, 0) is 0 Å². The molecule has 0 N–H and O–H groups in total. The Hall–Kier alpha value is -2.17. The molecular formula is C15H17FN4. The van der Waals surface area contributed by atoms with Gasteiger partial charge in [0, 0.05) is 38.9 Å². The summed E-state index contributed by atoms with van der Waals surface area (Å²) in [6, 6.07) is 5.43. The Morgan fingerprint density at radius 1 is 1.10 bits per heavy atom. The zero-order chi connectivity index (χ0) is 14.1. The molecule has 20 heavy (non-hydrogen) atoms. The van der Waals surface area contributed by atoms with Crippen LogP contribution in [0.4, 0.5) is 15.9 Å². The molecule has 3 heterocycles. The van der Waals surface area contributed by atoms with Gasteiger partial charge in [-0.15, -0.1) is 0 Å². The summed E-state index contributed by atoms with van der Waals surface area (Å²) < 4.78 is 13.3. The van der Waals surface area contributed by atoms with E-state index in [4.69, 9.17) is 4.98 Å². The number of rotatable bonds is 1. The van der Waals surface area contributed by atoms with Crippen LogP contribution in [0.15, 0.2) is 30.6 Å². The first-order chi connectivity index (χ1) is 9.65. The molecule has 0 aliphatic carbocycles. The summed E-state index contributed by atoms with van der Waals surface area (Å²) in [5.74, 6) is 0.594. The maximum absolute atomic E-state index is 13.3. The Balaban J connectivity index is 2.08. The molecule has 0 saturated heterocycles. The fraction of sp³-hybridized carbons (Fsp3) is 0.333. The van der Waals surface area contributed by atoms with E-state index in [-0.39, 0.29) is 5.82 Å². The summed E-state index contributed by atoms with van der Waals surface area (Å²) in [7, 11) is 4.11. The summed E-state index contributed by atoms with van der Waals surface area (Å²) >= 11 is 0. The van der Waals surface area contributed by atoms with E-state index in [0.29, 0.717) is 5.56 Å². The molecule has 0 bridgehead atoms. The van der Waals surface area contributed by atoms with Crippen LogP contribution in [0.1, 0.15) is 6.42 Å². The van der Waals surface area contributed by atoms with Crippen molar-refractivity contribution in [1.82, 2.24) is 9.97 Å². The number of aromatic nitrogens is 2. The van der Waals surface area contributed by atoms with Crippen molar-refractivity contribution in [3.63, 3.8) is 0 Å². The standard InChI is InChI=1S/C15H17FN4/c1-19-6-3-7-20(2)15-14(19)5-4-13(18-15)11-8-12(16)10-17-9-11/h4-5,8-10H,3,6-7H2,1-2H3. The van der Waals surface area contributed by atoms with Gasteiger partial charge in [0.15, 0.2) is 5.82 Å². The summed E-state index contributed by atoms with van der Waals surface area (Å²) in [4.78, 5) is 12.9. The van der Waals surface area contributed by atoms with Crippen LogP contribution >= 0.6 is 0 Å². The minimum absolute atomic E-state index is 0.343. The molecule has 0 radical (unpaired) electrons. The smallest absolute Gasteiger partial charge is 0.152 e. The third-order valence-electron chi connectivity index (χ3n) is 3.62. The number of hydrogen-bond acceptors (Lipinski definition) is 4. The highest BCUT2D eigenvalue weighted by atomic mass is 19.1. The lowest BCUT2D eigenvalue weighted by Gasteiger charge is -2.21. The largest absolute Gasteiger partial charge is 0.372 e. The second-order valence-corrected chi connectivity index (χ2v) is 5.13. The van der Waals surface area contributed by atoms with Gasteiger partial charge >= 0.3 is 0 Å². The van der Waals surface area contributed by atoms with E-state index in [1.807, 2.05) is 19.2 Å². The molecule has 2 aromatic rings. The highest BCUT2D eigenvalue weighted by Gasteiger charge is 2.18. The normalized spacial score (nSPS) is 14.9. The lowest BCUT2D eigenvalue weighted by molar-refractivity contribution is 0.622. The van der Waals surface area contributed by atoms with Crippen molar-refractivity contribution in [3.8, 4) is 11.3 Å². The van der Waals surface area contributed by atoms with Crippen LogP contribution in [0.25, 0.3) is 11.3 Å². The van der Waals surface area contributed by atoms with Crippen LogP contribution in [0.5, 0.6) is 0 Å². The second-order valence-electron chi connectivity index (χ2n) is 5.13. The van der Waals surface area contributed by atoms with Gasteiger partial charge in [0.1, 0.15) is 5.82 Å². The molecule has 0 saturated carbocycles. The maximum Gasteiger partial charge on any atom is 0.152 e. The van der Waals surface area contributed by atoms with Gasteiger partial charge in [-0.1, -0.05) is 0 Å². The van der Waals surface area contributed by atoms with E-state index in [9.17, 15) is 4.39 Å². The van der Waals surface area contributed by atoms with Crippen molar-refractivity contribution in [2.24, 2.45) is 0 Å². The van der Waals surface area contributed by atoms with Gasteiger partial charge in [-0.05, 0) is 24.6 Å². The predicted molar refractivity (Wildman–Crippen MR) is 78.6 cm³/mol. The van der Waals surface area contributed by atoms with Crippen molar-refractivity contribution < 1.29 is 4.39 Å². The molecule has 0 amide bonds. The molecule has 1 aliphatic heterocycles. The van der Waals surface area contributed by atoms with Gasteiger partial charge in [0.05, 0.1) is 17.6 Å². The van der Waals surface area contributed by atoms with E-state index >= 15 is 0 Å².